The molecule has 0 bridgehead atoms. The maximum atomic E-state index is 12.3. The van der Waals surface area contributed by atoms with E-state index in [0.717, 1.165) is 27.7 Å². The number of tetrazole rings is 1. The lowest BCUT2D eigenvalue weighted by atomic mass is 10.2. The molecule has 4 aromatic rings. The number of halogens is 1. The molecule has 2 N–H and O–H groups in total. The number of ether oxygens (including phenoxy) is 2. The highest BCUT2D eigenvalue weighted by molar-refractivity contribution is 7.99. The Morgan fingerprint density at radius 1 is 1.05 bits per heavy atom. The van der Waals surface area contributed by atoms with E-state index in [1.54, 1.807) is 22.5 Å². The molecule has 9 nitrogen and oxygen atoms in total. The Labute approximate surface area is 230 Å². The summed E-state index contributed by atoms with van der Waals surface area (Å²) < 4.78 is 13.2. The molecule has 1 amide bonds. The van der Waals surface area contributed by atoms with Gasteiger partial charge in [0.05, 0.1) is 12.3 Å². The first-order valence-corrected chi connectivity index (χ1v) is 13.5. The van der Waals surface area contributed by atoms with Crippen molar-refractivity contribution >= 4 is 35.0 Å². The highest BCUT2D eigenvalue weighted by Crippen LogP contribution is 2.34. The van der Waals surface area contributed by atoms with Crippen LogP contribution in [0.25, 0.3) is 5.69 Å². The minimum absolute atomic E-state index is 0.165. The number of nitrogens with zero attached hydrogens (tertiary/aromatic N) is 4. The van der Waals surface area contributed by atoms with Gasteiger partial charge in [0.25, 0.3) is 5.91 Å². The molecule has 0 atom stereocenters. The van der Waals surface area contributed by atoms with E-state index in [1.165, 1.54) is 0 Å². The Kier molecular flexibility index (Phi) is 9.97. The molecule has 0 unspecified atom stereocenters. The molecular weight excluding hydrogens is 524 g/mol. The first-order valence-electron chi connectivity index (χ1n) is 12.2. The van der Waals surface area contributed by atoms with E-state index >= 15 is 0 Å². The standard InChI is InChI=1S/C27H29ClN6O3S/c1-3-36-24-15-20(17-29-13-14-38-27-31-32-33-34(27)22-7-5-4-6-8-22)23(28)16-25(24)37-18-26(35)30-21-11-9-19(2)10-12-21/h4-12,15-16,29H,3,13-14,17-18H2,1-2H3,(H,30,35). The lowest BCUT2D eigenvalue weighted by Crippen LogP contribution is -2.20. The van der Waals surface area contributed by atoms with Crippen LogP contribution in [0.3, 0.4) is 0 Å². The predicted octanol–water partition coefficient (Wildman–Crippen LogP) is 4.92. The number of aryl methyl sites for hydroxylation is 1. The minimum atomic E-state index is -0.269. The van der Waals surface area contributed by atoms with Gasteiger partial charge in [-0.1, -0.05) is 59.3 Å². The number of nitrogens with one attached hydrogen (secondary N) is 2. The molecule has 38 heavy (non-hydrogen) atoms. The summed E-state index contributed by atoms with van der Waals surface area (Å²) in [6.45, 7) is 5.42. The smallest absolute Gasteiger partial charge is 0.262 e. The summed E-state index contributed by atoms with van der Waals surface area (Å²) >= 11 is 8.09. The fourth-order valence-corrected chi connectivity index (χ4v) is 4.52. The third-order valence-electron chi connectivity index (χ3n) is 5.37. The zero-order valence-electron chi connectivity index (χ0n) is 21.2. The fraction of sp³-hybridized carbons (Fsp3) is 0.259. The van der Waals surface area contributed by atoms with Gasteiger partial charge in [0.2, 0.25) is 5.16 Å². The summed E-state index contributed by atoms with van der Waals surface area (Å²) in [5, 5.41) is 19.4. The number of rotatable bonds is 13. The van der Waals surface area contributed by atoms with Gasteiger partial charge in [0.1, 0.15) is 0 Å². The monoisotopic (exact) mass is 552 g/mol. The molecule has 0 fully saturated rings. The lowest BCUT2D eigenvalue weighted by Gasteiger charge is -2.15. The molecule has 0 aliphatic carbocycles. The normalized spacial score (nSPS) is 10.8. The Hall–Kier alpha value is -3.60. The predicted molar refractivity (Wildman–Crippen MR) is 150 cm³/mol. The maximum absolute atomic E-state index is 12.3. The minimum Gasteiger partial charge on any atom is -0.490 e. The molecule has 1 heterocycles. The van der Waals surface area contributed by atoms with Crippen molar-refractivity contribution in [3.8, 4) is 17.2 Å². The van der Waals surface area contributed by atoms with Gasteiger partial charge in [-0.15, -0.1) is 5.10 Å². The molecule has 198 valence electrons. The van der Waals surface area contributed by atoms with Crippen LogP contribution in [0.15, 0.2) is 71.9 Å². The van der Waals surface area contributed by atoms with Crippen molar-refractivity contribution in [2.45, 2.75) is 25.5 Å². The quantitative estimate of drug-likeness (QED) is 0.178. The molecular formula is C27H29ClN6O3S. The average molecular weight is 553 g/mol. The van der Waals surface area contributed by atoms with Crippen molar-refractivity contribution in [2.75, 3.05) is 30.8 Å². The van der Waals surface area contributed by atoms with Crippen LogP contribution in [0.2, 0.25) is 5.02 Å². The van der Waals surface area contributed by atoms with Crippen LogP contribution < -0.4 is 20.1 Å². The molecule has 0 spiro atoms. The Morgan fingerprint density at radius 3 is 2.58 bits per heavy atom. The second-order valence-corrected chi connectivity index (χ2v) is 9.73. The van der Waals surface area contributed by atoms with Crippen molar-refractivity contribution < 1.29 is 14.3 Å². The van der Waals surface area contributed by atoms with Crippen molar-refractivity contribution in [3.05, 3.63) is 82.9 Å². The summed E-state index contributed by atoms with van der Waals surface area (Å²) in [4.78, 5) is 12.3. The third-order valence-corrected chi connectivity index (χ3v) is 6.65. The van der Waals surface area contributed by atoms with Gasteiger partial charge in [-0.25, -0.2) is 0 Å². The Bertz CT molecular complexity index is 1330. The van der Waals surface area contributed by atoms with Gasteiger partial charge < -0.3 is 20.1 Å². The number of para-hydroxylation sites is 1. The topological polar surface area (TPSA) is 103 Å². The highest BCUT2D eigenvalue weighted by atomic mass is 35.5. The number of anilines is 1. The SMILES string of the molecule is CCOc1cc(CNCCSc2nnnn2-c2ccccc2)c(Cl)cc1OCC(=O)Nc1ccc(C)cc1. The van der Waals surface area contributed by atoms with Crippen LogP contribution >= 0.6 is 23.4 Å². The zero-order chi connectivity index (χ0) is 26.7. The van der Waals surface area contributed by atoms with Gasteiger partial charge in [-0.3, -0.25) is 4.79 Å². The van der Waals surface area contributed by atoms with Gasteiger partial charge >= 0.3 is 0 Å². The van der Waals surface area contributed by atoms with Gasteiger partial charge in [0.15, 0.2) is 18.1 Å². The molecule has 0 aliphatic heterocycles. The largest absolute Gasteiger partial charge is 0.490 e. The number of benzene rings is 3. The number of hydrogen-bond acceptors (Lipinski definition) is 8. The summed E-state index contributed by atoms with van der Waals surface area (Å²) in [6, 6.07) is 20.9. The number of thioether (sulfide) groups is 1. The van der Waals surface area contributed by atoms with Crippen molar-refractivity contribution in [2.24, 2.45) is 0 Å². The van der Waals surface area contributed by atoms with E-state index in [1.807, 2.05) is 74.5 Å². The first-order chi connectivity index (χ1) is 18.5. The summed E-state index contributed by atoms with van der Waals surface area (Å²) in [6.07, 6.45) is 0. The van der Waals surface area contributed by atoms with Crippen molar-refractivity contribution in [3.63, 3.8) is 0 Å². The van der Waals surface area contributed by atoms with E-state index in [-0.39, 0.29) is 12.5 Å². The number of carbonyl (C=O) groups excluding carboxylic acids is 1. The molecule has 0 saturated heterocycles. The second-order valence-electron chi connectivity index (χ2n) is 8.26. The van der Waals surface area contributed by atoms with Crippen LogP contribution in [-0.2, 0) is 11.3 Å². The second kappa shape index (κ2) is 13.8. The Morgan fingerprint density at radius 2 is 1.82 bits per heavy atom. The number of amides is 1. The van der Waals surface area contributed by atoms with Crippen LogP contribution in [-0.4, -0.2) is 51.6 Å². The number of aromatic nitrogens is 4. The zero-order valence-corrected chi connectivity index (χ0v) is 22.8. The van der Waals surface area contributed by atoms with E-state index < -0.39 is 0 Å². The molecule has 0 aliphatic rings. The highest BCUT2D eigenvalue weighted by Gasteiger charge is 2.14. The average Bonchev–Trinajstić information content (AvgIpc) is 3.39. The molecule has 11 heteroatoms. The van der Waals surface area contributed by atoms with Crippen molar-refractivity contribution in [1.29, 1.82) is 0 Å². The van der Waals surface area contributed by atoms with E-state index in [4.69, 9.17) is 21.1 Å². The van der Waals surface area contributed by atoms with Gasteiger partial charge in [0, 0.05) is 35.6 Å². The van der Waals surface area contributed by atoms with Crippen LogP contribution in [0, 0.1) is 6.92 Å². The number of carbonyl (C=O) groups is 1. The van der Waals surface area contributed by atoms with Crippen LogP contribution in [0.1, 0.15) is 18.1 Å². The molecule has 3 aromatic carbocycles. The Balaban J connectivity index is 1.28. The number of hydrogen-bond donors (Lipinski definition) is 2. The van der Waals surface area contributed by atoms with Gasteiger partial charge in [-0.05, 0) is 60.2 Å². The third kappa shape index (κ3) is 7.70. The molecule has 0 saturated carbocycles. The molecule has 1 aromatic heterocycles. The van der Waals surface area contributed by atoms with E-state index in [0.29, 0.717) is 41.9 Å². The summed E-state index contributed by atoms with van der Waals surface area (Å²) in [5.41, 5.74) is 3.61. The summed E-state index contributed by atoms with van der Waals surface area (Å²) in [7, 11) is 0. The van der Waals surface area contributed by atoms with E-state index in [2.05, 4.69) is 26.2 Å². The maximum Gasteiger partial charge on any atom is 0.262 e. The first kappa shape index (κ1) is 27.4. The van der Waals surface area contributed by atoms with Crippen molar-refractivity contribution in [1.82, 2.24) is 25.5 Å². The lowest BCUT2D eigenvalue weighted by molar-refractivity contribution is -0.118. The van der Waals surface area contributed by atoms with E-state index in [9.17, 15) is 4.79 Å². The van der Waals surface area contributed by atoms with Crippen LogP contribution in [0.5, 0.6) is 11.5 Å². The molecule has 0 radical (unpaired) electrons. The van der Waals surface area contributed by atoms with Crippen LogP contribution in [0.4, 0.5) is 5.69 Å². The summed E-state index contributed by atoms with van der Waals surface area (Å²) in [5.74, 6) is 1.45. The molecule has 4 rings (SSSR count). The van der Waals surface area contributed by atoms with Gasteiger partial charge in [-0.2, -0.15) is 4.68 Å². The fourth-order valence-electron chi connectivity index (χ4n) is 3.51.